The fraction of sp³-hybridized carbons (Fsp3) is 1.00. The van der Waals surface area contributed by atoms with Gasteiger partial charge in [-0.05, 0) is 12.3 Å². The highest BCUT2D eigenvalue weighted by molar-refractivity contribution is 5.85. The topological polar surface area (TPSA) is 50.7 Å². The van der Waals surface area contributed by atoms with Gasteiger partial charge in [-0.15, -0.1) is 12.4 Å². The third-order valence-corrected chi connectivity index (χ3v) is 1.44. The van der Waals surface area contributed by atoms with E-state index in [1.165, 1.54) is 0 Å². The predicted molar refractivity (Wildman–Crippen MR) is 43.3 cm³/mol. The lowest BCUT2D eigenvalue weighted by atomic mass is 10.0. The quantitative estimate of drug-likeness (QED) is 0.675. The molecule has 0 radical (unpaired) electrons. The molecule has 4 heteroatoms. The molecule has 1 aliphatic rings. The Labute approximate surface area is 67.5 Å². The molecule has 1 heterocycles. The van der Waals surface area contributed by atoms with Crippen molar-refractivity contribution >= 4 is 12.4 Å². The summed E-state index contributed by atoms with van der Waals surface area (Å²) in [6.45, 7) is 4.88. The zero-order valence-corrected chi connectivity index (χ0v) is 7.19. The van der Waals surface area contributed by atoms with Gasteiger partial charge in [0.15, 0.2) is 0 Å². The predicted octanol–water partition coefficient (Wildman–Crippen LogP) is 1.58. The van der Waals surface area contributed by atoms with Crippen LogP contribution >= 0.6 is 12.4 Å². The average molecular weight is 164 g/mol. The highest BCUT2D eigenvalue weighted by Crippen LogP contribution is 2.33. The Hall–Kier alpha value is -0.150. The van der Waals surface area contributed by atoms with Crippen molar-refractivity contribution in [3.63, 3.8) is 0 Å². The van der Waals surface area contributed by atoms with E-state index in [4.69, 9.17) is 5.73 Å². The first-order valence-corrected chi connectivity index (χ1v) is 3.33. The molecule has 0 amide bonds. The summed E-state index contributed by atoms with van der Waals surface area (Å²) in [7, 11) is 0. The van der Waals surface area contributed by atoms with Crippen LogP contribution in [0.3, 0.4) is 0 Å². The number of nitrogens with zero attached hydrogens (tertiary/aromatic N) is 2. The average Bonchev–Trinajstić information content (AvgIpc) is 2.48. The van der Waals surface area contributed by atoms with E-state index >= 15 is 0 Å². The Morgan fingerprint density at radius 1 is 1.40 bits per heavy atom. The maximum absolute atomic E-state index is 5.43. The summed E-state index contributed by atoms with van der Waals surface area (Å²) >= 11 is 0. The summed E-state index contributed by atoms with van der Waals surface area (Å²) in [5.41, 5.74) is 5.27. The van der Waals surface area contributed by atoms with Crippen LogP contribution in [-0.4, -0.2) is 12.2 Å². The maximum Gasteiger partial charge on any atom is 0.203 e. The molecule has 1 aliphatic heterocycles. The van der Waals surface area contributed by atoms with Gasteiger partial charge in [-0.3, -0.25) is 0 Å². The summed E-state index contributed by atoms with van der Waals surface area (Å²) in [6.07, 6.45) is 1.00. The summed E-state index contributed by atoms with van der Waals surface area (Å²) in [5, 5.41) is 7.78. The van der Waals surface area contributed by atoms with Gasteiger partial charge in [-0.1, -0.05) is 13.8 Å². The molecule has 0 saturated carbocycles. The minimum atomic E-state index is -0.159. The Morgan fingerprint density at radius 2 is 1.90 bits per heavy atom. The van der Waals surface area contributed by atoms with Crippen molar-refractivity contribution in [3.8, 4) is 0 Å². The van der Waals surface area contributed by atoms with Crippen LogP contribution < -0.4 is 5.73 Å². The van der Waals surface area contributed by atoms with Gasteiger partial charge in [0.05, 0.1) is 0 Å². The van der Waals surface area contributed by atoms with Crippen molar-refractivity contribution in [2.75, 3.05) is 6.54 Å². The van der Waals surface area contributed by atoms with Crippen molar-refractivity contribution in [2.24, 2.45) is 21.9 Å². The lowest BCUT2D eigenvalue weighted by molar-refractivity contribution is 0.457. The van der Waals surface area contributed by atoms with E-state index in [1.54, 1.807) is 0 Å². The molecule has 0 saturated heterocycles. The second kappa shape index (κ2) is 3.30. The second-order valence-electron chi connectivity index (χ2n) is 2.98. The van der Waals surface area contributed by atoms with Gasteiger partial charge in [-0.2, -0.15) is 10.2 Å². The fourth-order valence-corrected chi connectivity index (χ4v) is 0.971. The first-order chi connectivity index (χ1) is 4.18. The summed E-state index contributed by atoms with van der Waals surface area (Å²) < 4.78 is 0. The zero-order valence-electron chi connectivity index (χ0n) is 6.37. The Balaban J connectivity index is 0.000000810. The monoisotopic (exact) mass is 163 g/mol. The normalized spacial score (nSPS) is 18.8. The first kappa shape index (κ1) is 9.85. The molecule has 0 spiro atoms. The molecule has 60 valence electrons. The molecule has 10 heavy (non-hydrogen) atoms. The molecule has 0 aromatic rings. The van der Waals surface area contributed by atoms with E-state index in [2.05, 4.69) is 24.1 Å². The molecule has 0 atom stereocenters. The van der Waals surface area contributed by atoms with Gasteiger partial charge >= 0.3 is 0 Å². The molecule has 0 unspecified atom stereocenters. The van der Waals surface area contributed by atoms with E-state index in [9.17, 15) is 0 Å². The van der Waals surface area contributed by atoms with Crippen LogP contribution in [0.4, 0.5) is 0 Å². The van der Waals surface area contributed by atoms with Crippen molar-refractivity contribution in [1.29, 1.82) is 0 Å². The number of halogens is 1. The molecule has 0 bridgehead atoms. The highest BCUT2D eigenvalue weighted by Gasteiger charge is 2.38. The SMILES string of the molecule is CC(C)CC1(CN)N=N1.Cl. The van der Waals surface area contributed by atoms with E-state index in [-0.39, 0.29) is 18.1 Å². The summed E-state index contributed by atoms with van der Waals surface area (Å²) in [4.78, 5) is 0. The van der Waals surface area contributed by atoms with Crippen molar-refractivity contribution < 1.29 is 0 Å². The Morgan fingerprint density at radius 3 is 2.00 bits per heavy atom. The van der Waals surface area contributed by atoms with Crippen LogP contribution in [0.5, 0.6) is 0 Å². The van der Waals surface area contributed by atoms with Crippen molar-refractivity contribution in [1.82, 2.24) is 0 Å². The number of rotatable bonds is 3. The van der Waals surface area contributed by atoms with Gasteiger partial charge in [0.1, 0.15) is 0 Å². The van der Waals surface area contributed by atoms with E-state index in [1.807, 2.05) is 0 Å². The van der Waals surface area contributed by atoms with Crippen molar-refractivity contribution in [2.45, 2.75) is 25.9 Å². The molecule has 0 fully saturated rings. The fourth-order valence-electron chi connectivity index (χ4n) is 0.971. The minimum absolute atomic E-state index is 0. The molecule has 3 nitrogen and oxygen atoms in total. The van der Waals surface area contributed by atoms with E-state index in [0.29, 0.717) is 12.5 Å². The lowest BCUT2D eigenvalue weighted by Crippen LogP contribution is -2.25. The number of nitrogens with two attached hydrogens (primary N) is 1. The lowest BCUT2D eigenvalue weighted by Gasteiger charge is -2.08. The second-order valence-corrected chi connectivity index (χ2v) is 2.98. The van der Waals surface area contributed by atoms with Gasteiger partial charge in [0.25, 0.3) is 0 Å². The molecule has 1 rings (SSSR count). The standard InChI is InChI=1S/C6H13N3.ClH/c1-5(2)3-6(4-7)8-9-6;/h5H,3-4,7H2,1-2H3;1H. The van der Waals surface area contributed by atoms with Gasteiger partial charge in [0, 0.05) is 6.54 Å². The Kier molecular flexibility index (Phi) is 3.25. The van der Waals surface area contributed by atoms with Crippen LogP contribution in [-0.2, 0) is 0 Å². The van der Waals surface area contributed by atoms with Crippen LogP contribution in [0.25, 0.3) is 0 Å². The van der Waals surface area contributed by atoms with E-state index < -0.39 is 0 Å². The van der Waals surface area contributed by atoms with Gasteiger partial charge < -0.3 is 5.73 Å². The van der Waals surface area contributed by atoms with Crippen LogP contribution in [0.15, 0.2) is 10.2 Å². The highest BCUT2D eigenvalue weighted by atomic mass is 35.5. The van der Waals surface area contributed by atoms with Gasteiger partial charge in [0.2, 0.25) is 5.66 Å². The summed E-state index contributed by atoms with van der Waals surface area (Å²) in [6, 6.07) is 0. The smallest absolute Gasteiger partial charge is 0.203 e. The largest absolute Gasteiger partial charge is 0.326 e. The zero-order chi connectivity index (χ0) is 6.91. The third kappa shape index (κ3) is 2.23. The maximum atomic E-state index is 5.43. The van der Waals surface area contributed by atoms with Crippen LogP contribution in [0.2, 0.25) is 0 Å². The third-order valence-electron chi connectivity index (χ3n) is 1.44. The Bertz CT molecular complexity index is 127. The van der Waals surface area contributed by atoms with Crippen molar-refractivity contribution in [3.05, 3.63) is 0 Å². The molecular formula is C6H14ClN3. The number of hydrogen-bond donors (Lipinski definition) is 1. The minimum Gasteiger partial charge on any atom is -0.326 e. The molecular weight excluding hydrogens is 150 g/mol. The molecule has 0 aromatic carbocycles. The summed E-state index contributed by atoms with van der Waals surface area (Å²) in [5.74, 6) is 0.642. The first-order valence-electron chi connectivity index (χ1n) is 3.33. The van der Waals surface area contributed by atoms with Gasteiger partial charge in [-0.25, -0.2) is 0 Å². The van der Waals surface area contributed by atoms with Crippen LogP contribution in [0.1, 0.15) is 20.3 Å². The molecule has 0 aliphatic carbocycles. The van der Waals surface area contributed by atoms with Crippen LogP contribution in [0, 0.1) is 5.92 Å². The molecule has 2 N–H and O–H groups in total. The molecule has 0 aromatic heterocycles. The van der Waals surface area contributed by atoms with E-state index in [0.717, 1.165) is 6.42 Å². The number of hydrogen-bond acceptors (Lipinski definition) is 3.